The second-order valence-corrected chi connectivity index (χ2v) is 7.46. The van der Waals surface area contributed by atoms with Crippen molar-refractivity contribution >= 4 is 11.7 Å². The zero-order valence-electron chi connectivity index (χ0n) is 16.7. The monoisotopic (exact) mass is 367 g/mol. The van der Waals surface area contributed by atoms with E-state index in [9.17, 15) is 4.79 Å². The lowest BCUT2D eigenvalue weighted by molar-refractivity contribution is 0.0657. The Labute approximate surface area is 161 Å². The lowest BCUT2D eigenvalue weighted by Gasteiger charge is -2.32. The van der Waals surface area contributed by atoms with Crippen LogP contribution < -0.4 is 4.90 Å². The standard InChI is InChI=1S/C21H29N5O/c1-16(2)26(15-18-8-6-5-7-9-18)20-14-19(22-17(3)23-20)21(27)25-12-10-24(4)11-13-25/h5-9,14,16H,10-13,15H2,1-4H3. The van der Waals surface area contributed by atoms with Crippen molar-refractivity contribution in [3.63, 3.8) is 0 Å². The van der Waals surface area contributed by atoms with Gasteiger partial charge in [0.1, 0.15) is 17.3 Å². The molecule has 1 saturated heterocycles. The fourth-order valence-corrected chi connectivity index (χ4v) is 3.29. The third-order valence-electron chi connectivity index (χ3n) is 4.95. The largest absolute Gasteiger partial charge is 0.350 e. The molecule has 3 rings (SSSR count). The predicted octanol–water partition coefficient (Wildman–Crippen LogP) is 2.59. The molecule has 0 aliphatic carbocycles. The van der Waals surface area contributed by atoms with E-state index in [-0.39, 0.29) is 11.9 Å². The molecule has 2 aromatic rings. The molecule has 1 aromatic heterocycles. The van der Waals surface area contributed by atoms with Gasteiger partial charge in [0.2, 0.25) is 0 Å². The maximum Gasteiger partial charge on any atom is 0.272 e. The number of anilines is 1. The molecule has 1 amide bonds. The summed E-state index contributed by atoms with van der Waals surface area (Å²) < 4.78 is 0. The smallest absolute Gasteiger partial charge is 0.272 e. The van der Waals surface area contributed by atoms with Gasteiger partial charge in [0, 0.05) is 44.8 Å². The zero-order chi connectivity index (χ0) is 19.4. The molecule has 1 aliphatic rings. The van der Waals surface area contributed by atoms with E-state index < -0.39 is 0 Å². The van der Waals surface area contributed by atoms with Crippen LogP contribution in [0.2, 0.25) is 0 Å². The Morgan fingerprint density at radius 1 is 1.11 bits per heavy atom. The van der Waals surface area contributed by atoms with Crippen LogP contribution in [0.4, 0.5) is 5.82 Å². The quantitative estimate of drug-likeness (QED) is 0.813. The molecule has 0 bridgehead atoms. The van der Waals surface area contributed by atoms with Crippen molar-refractivity contribution < 1.29 is 4.79 Å². The highest BCUT2D eigenvalue weighted by Gasteiger charge is 2.23. The average Bonchev–Trinajstić information content (AvgIpc) is 2.66. The lowest BCUT2D eigenvalue weighted by atomic mass is 10.2. The number of carbonyl (C=O) groups excluding carboxylic acids is 1. The second-order valence-electron chi connectivity index (χ2n) is 7.46. The first-order valence-electron chi connectivity index (χ1n) is 9.58. The number of likely N-dealkylation sites (N-methyl/N-ethyl adjacent to an activating group) is 1. The van der Waals surface area contributed by atoms with Crippen LogP contribution in [-0.2, 0) is 6.54 Å². The normalized spacial score (nSPS) is 15.2. The van der Waals surface area contributed by atoms with E-state index in [1.807, 2.05) is 36.1 Å². The Bertz CT molecular complexity index is 769. The Balaban J connectivity index is 1.85. The van der Waals surface area contributed by atoms with Crippen LogP contribution in [0.5, 0.6) is 0 Å². The van der Waals surface area contributed by atoms with Crippen LogP contribution in [0.25, 0.3) is 0 Å². The molecule has 27 heavy (non-hydrogen) atoms. The van der Waals surface area contributed by atoms with Crippen LogP contribution in [0, 0.1) is 6.92 Å². The number of hydrogen-bond acceptors (Lipinski definition) is 5. The van der Waals surface area contributed by atoms with Gasteiger partial charge < -0.3 is 14.7 Å². The van der Waals surface area contributed by atoms with Gasteiger partial charge >= 0.3 is 0 Å². The van der Waals surface area contributed by atoms with E-state index in [1.54, 1.807) is 0 Å². The minimum absolute atomic E-state index is 0.00160. The number of rotatable bonds is 5. The number of aryl methyl sites for hydroxylation is 1. The van der Waals surface area contributed by atoms with Gasteiger partial charge in [0.25, 0.3) is 5.91 Å². The summed E-state index contributed by atoms with van der Waals surface area (Å²) in [6.45, 7) is 10.2. The number of amides is 1. The number of nitrogens with zero attached hydrogens (tertiary/aromatic N) is 5. The van der Waals surface area contributed by atoms with Crippen molar-refractivity contribution in [3.05, 3.63) is 53.5 Å². The summed E-state index contributed by atoms with van der Waals surface area (Å²) in [5.41, 5.74) is 1.70. The Morgan fingerprint density at radius 2 is 1.78 bits per heavy atom. The summed E-state index contributed by atoms with van der Waals surface area (Å²) in [6.07, 6.45) is 0. The molecule has 1 aromatic carbocycles. The minimum atomic E-state index is -0.00160. The fourth-order valence-electron chi connectivity index (χ4n) is 3.29. The van der Waals surface area contributed by atoms with Crippen LogP contribution in [-0.4, -0.2) is 64.9 Å². The summed E-state index contributed by atoms with van der Waals surface area (Å²) >= 11 is 0. The van der Waals surface area contributed by atoms with Crippen molar-refractivity contribution in [1.82, 2.24) is 19.8 Å². The Morgan fingerprint density at radius 3 is 2.41 bits per heavy atom. The predicted molar refractivity (Wildman–Crippen MR) is 108 cm³/mol. The van der Waals surface area contributed by atoms with Crippen LogP contribution in [0.15, 0.2) is 36.4 Å². The molecule has 1 fully saturated rings. The number of piperazine rings is 1. The van der Waals surface area contributed by atoms with Gasteiger partial charge in [0.05, 0.1) is 0 Å². The van der Waals surface area contributed by atoms with Gasteiger partial charge in [-0.3, -0.25) is 4.79 Å². The molecule has 0 saturated carbocycles. The van der Waals surface area contributed by atoms with Crippen LogP contribution >= 0.6 is 0 Å². The van der Waals surface area contributed by atoms with Crippen molar-refractivity contribution in [2.24, 2.45) is 0 Å². The van der Waals surface area contributed by atoms with E-state index >= 15 is 0 Å². The van der Waals surface area contributed by atoms with E-state index in [1.165, 1.54) is 5.56 Å². The van der Waals surface area contributed by atoms with Gasteiger partial charge in [-0.1, -0.05) is 30.3 Å². The first kappa shape index (κ1) is 19.3. The molecule has 144 valence electrons. The molecule has 1 aliphatic heterocycles. The van der Waals surface area contributed by atoms with Gasteiger partial charge in [-0.05, 0) is 33.4 Å². The molecule has 0 atom stereocenters. The summed E-state index contributed by atoms with van der Waals surface area (Å²) in [4.78, 5) is 28.4. The molecule has 0 N–H and O–H groups in total. The summed E-state index contributed by atoms with van der Waals surface area (Å²) in [6, 6.07) is 12.4. The van der Waals surface area contributed by atoms with Crippen LogP contribution in [0.3, 0.4) is 0 Å². The first-order chi connectivity index (χ1) is 12.9. The summed E-state index contributed by atoms with van der Waals surface area (Å²) in [7, 11) is 2.08. The number of hydrogen-bond donors (Lipinski definition) is 0. The van der Waals surface area contributed by atoms with Crippen molar-refractivity contribution in [2.75, 3.05) is 38.1 Å². The average molecular weight is 367 g/mol. The highest BCUT2D eigenvalue weighted by Crippen LogP contribution is 2.20. The Kier molecular flexibility index (Phi) is 6.06. The number of aromatic nitrogens is 2. The molecule has 0 spiro atoms. The van der Waals surface area contributed by atoms with Crippen molar-refractivity contribution in [3.8, 4) is 0 Å². The maximum atomic E-state index is 13.0. The van der Waals surface area contributed by atoms with Gasteiger partial charge in [-0.25, -0.2) is 9.97 Å². The molecule has 0 unspecified atom stereocenters. The van der Waals surface area contributed by atoms with Crippen LogP contribution in [0.1, 0.15) is 35.7 Å². The van der Waals surface area contributed by atoms with E-state index in [0.29, 0.717) is 11.5 Å². The third kappa shape index (κ3) is 4.83. The third-order valence-corrected chi connectivity index (χ3v) is 4.95. The van der Waals surface area contributed by atoms with E-state index in [4.69, 9.17) is 0 Å². The highest BCUT2D eigenvalue weighted by molar-refractivity contribution is 5.93. The molecular formula is C21H29N5O. The number of carbonyl (C=O) groups is 1. The molecule has 0 radical (unpaired) electrons. The molecule has 6 heteroatoms. The topological polar surface area (TPSA) is 52.6 Å². The van der Waals surface area contributed by atoms with Crippen molar-refractivity contribution in [2.45, 2.75) is 33.4 Å². The first-order valence-corrected chi connectivity index (χ1v) is 9.58. The Hall–Kier alpha value is -2.47. The summed E-state index contributed by atoms with van der Waals surface area (Å²) in [5.74, 6) is 1.43. The van der Waals surface area contributed by atoms with E-state index in [2.05, 4.69) is 52.8 Å². The van der Waals surface area contributed by atoms with Crippen molar-refractivity contribution in [1.29, 1.82) is 0 Å². The maximum absolute atomic E-state index is 13.0. The fraction of sp³-hybridized carbons (Fsp3) is 0.476. The lowest BCUT2D eigenvalue weighted by Crippen LogP contribution is -2.47. The van der Waals surface area contributed by atoms with E-state index in [0.717, 1.165) is 38.5 Å². The zero-order valence-corrected chi connectivity index (χ0v) is 16.7. The molecule has 2 heterocycles. The summed E-state index contributed by atoms with van der Waals surface area (Å²) in [5, 5.41) is 0. The van der Waals surface area contributed by atoms with Gasteiger partial charge in [0.15, 0.2) is 0 Å². The minimum Gasteiger partial charge on any atom is -0.350 e. The van der Waals surface area contributed by atoms with Gasteiger partial charge in [-0.2, -0.15) is 0 Å². The molecule has 6 nitrogen and oxygen atoms in total. The highest BCUT2D eigenvalue weighted by atomic mass is 16.2. The van der Waals surface area contributed by atoms with Gasteiger partial charge in [-0.15, -0.1) is 0 Å². The molecular weight excluding hydrogens is 338 g/mol. The second kappa shape index (κ2) is 8.48. The SMILES string of the molecule is Cc1nc(C(=O)N2CCN(C)CC2)cc(N(Cc2ccccc2)C(C)C)n1. The number of benzene rings is 1.